The van der Waals surface area contributed by atoms with Crippen LogP contribution in [0, 0.1) is 10.8 Å². The second-order valence-corrected chi connectivity index (χ2v) is 12.0. The van der Waals surface area contributed by atoms with Crippen molar-refractivity contribution in [1.82, 2.24) is 0 Å². The molecule has 2 saturated heterocycles. The Morgan fingerprint density at radius 3 is 2.58 bits per heavy atom. The quantitative estimate of drug-likeness (QED) is 0.216. The summed E-state index contributed by atoms with van der Waals surface area (Å²) in [5.41, 5.74) is 0.234. The van der Waals surface area contributed by atoms with E-state index in [0.717, 1.165) is 18.4 Å². The van der Waals surface area contributed by atoms with Gasteiger partial charge in [-0.2, -0.15) is 0 Å². The Morgan fingerprint density at radius 2 is 1.85 bits per heavy atom. The first-order valence-corrected chi connectivity index (χ1v) is 14.2. The lowest BCUT2D eigenvalue weighted by molar-refractivity contribution is -0.232. The molecule has 0 aromatic carbocycles. The first-order valence-electron chi connectivity index (χ1n) is 14.2. The van der Waals surface area contributed by atoms with Crippen LogP contribution in [0.3, 0.4) is 0 Å². The predicted molar refractivity (Wildman–Crippen MR) is 144 cm³/mol. The van der Waals surface area contributed by atoms with E-state index in [4.69, 9.17) is 28.4 Å². The Bertz CT molecular complexity index is 1160. The van der Waals surface area contributed by atoms with E-state index >= 15 is 0 Å². The number of epoxide rings is 1. The molecule has 3 fully saturated rings. The Labute approximate surface area is 235 Å². The second-order valence-electron chi connectivity index (χ2n) is 12.0. The first kappa shape index (κ1) is 28.8. The average molecular weight is 557 g/mol. The largest absolute Gasteiger partial charge is 0.462 e. The lowest BCUT2D eigenvalue weighted by Gasteiger charge is -2.58. The van der Waals surface area contributed by atoms with Crippen molar-refractivity contribution in [2.75, 3.05) is 19.8 Å². The van der Waals surface area contributed by atoms with E-state index in [1.807, 2.05) is 6.92 Å². The summed E-state index contributed by atoms with van der Waals surface area (Å²) in [4.78, 5) is 37.6. The minimum absolute atomic E-state index is 0.128. The van der Waals surface area contributed by atoms with E-state index in [-0.39, 0.29) is 18.8 Å². The number of carbonyl (C=O) groups excluding carboxylic acids is 3. The van der Waals surface area contributed by atoms with E-state index in [9.17, 15) is 14.4 Å². The molecule has 2 spiro atoms. The van der Waals surface area contributed by atoms with Gasteiger partial charge < -0.3 is 28.4 Å². The maximum absolute atomic E-state index is 13.1. The number of allylic oxidation sites excluding steroid dienone is 3. The highest BCUT2D eigenvalue weighted by atomic mass is 16.6. The highest BCUT2D eigenvalue weighted by molar-refractivity contribution is 5.83. The number of carbonyl (C=O) groups is 3. The van der Waals surface area contributed by atoms with Gasteiger partial charge in [0.2, 0.25) is 0 Å². The third-order valence-electron chi connectivity index (χ3n) is 9.58. The van der Waals surface area contributed by atoms with Crippen molar-refractivity contribution in [3.63, 3.8) is 0 Å². The van der Waals surface area contributed by atoms with Crippen LogP contribution in [0.25, 0.3) is 0 Å². The number of ether oxygens (including phenoxy) is 6. The van der Waals surface area contributed by atoms with Gasteiger partial charge in [0.1, 0.15) is 30.5 Å². The Kier molecular flexibility index (Phi) is 7.85. The molecule has 0 aromatic rings. The van der Waals surface area contributed by atoms with E-state index in [0.29, 0.717) is 26.1 Å². The van der Waals surface area contributed by atoms with Crippen LogP contribution in [-0.4, -0.2) is 73.8 Å². The molecule has 2 bridgehead atoms. The molecule has 0 radical (unpaired) electrons. The van der Waals surface area contributed by atoms with Gasteiger partial charge in [-0.15, -0.1) is 0 Å². The monoisotopic (exact) mass is 556 g/mol. The van der Waals surface area contributed by atoms with Gasteiger partial charge in [0.25, 0.3) is 0 Å². The van der Waals surface area contributed by atoms with Crippen LogP contribution in [0.2, 0.25) is 0 Å². The summed E-state index contributed by atoms with van der Waals surface area (Å²) >= 11 is 0. The van der Waals surface area contributed by atoms with Gasteiger partial charge in [-0.3, -0.25) is 4.79 Å². The molecule has 3 heterocycles. The lowest BCUT2D eigenvalue weighted by atomic mass is 9.51. The van der Waals surface area contributed by atoms with Crippen LogP contribution >= 0.6 is 0 Å². The summed E-state index contributed by atoms with van der Waals surface area (Å²) < 4.78 is 36.1. The maximum Gasteiger partial charge on any atom is 0.331 e. The lowest BCUT2D eigenvalue weighted by Crippen LogP contribution is -2.66. The molecule has 5 aliphatic rings. The number of hydrogen-bond acceptors (Lipinski definition) is 9. The SMILES string of the molecule is CC(=O)OC(C)C1/C=C\C=C/C(=O)O[C@@H]2CC3O[C@@H]4C=C(C)CC[C@]4(COC(=O)/C=C(/C)CCO1)C2(C)[C@]31CO1. The van der Waals surface area contributed by atoms with Crippen LogP contribution in [0.1, 0.15) is 60.3 Å². The molecule has 9 nitrogen and oxygen atoms in total. The van der Waals surface area contributed by atoms with Crippen LogP contribution < -0.4 is 0 Å². The molecule has 218 valence electrons. The minimum Gasteiger partial charge on any atom is -0.462 e. The van der Waals surface area contributed by atoms with E-state index in [2.05, 4.69) is 19.9 Å². The Morgan fingerprint density at radius 1 is 1.07 bits per heavy atom. The van der Waals surface area contributed by atoms with Crippen LogP contribution in [-0.2, 0) is 42.8 Å². The summed E-state index contributed by atoms with van der Waals surface area (Å²) in [5.74, 6) is -1.33. The first-order chi connectivity index (χ1) is 19.0. The van der Waals surface area contributed by atoms with Crippen molar-refractivity contribution in [2.45, 2.75) is 96.4 Å². The Balaban J connectivity index is 1.47. The third kappa shape index (κ3) is 4.97. The third-order valence-corrected chi connectivity index (χ3v) is 9.58. The van der Waals surface area contributed by atoms with Crippen molar-refractivity contribution >= 4 is 17.9 Å². The topological polar surface area (TPSA) is 110 Å². The van der Waals surface area contributed by atoms with Gasteiger partial charge in [0.05, 0.1) is 30.8 Å². The molecular weight excluding hydrogens is 516 g/mol. The smallest absolute Gasteiger partial charge is 0.331 e. The zero-order chi connectivity index (χ0) is 28.7. The van der Waals surface area contributed by atoms with Gasteiger partial charge in [0, 0.05) is 30.9 Å². The van der Waals surface area contributed by atoms with Crippen molar-refractivity contribution in [1.29, 1.82) is 0 Å². The van der Waals surface area contributed by atoms with Crippen molar-refractivity contribution in [2.24, 2.45) is 10.8 Å². The predicted octanol–water partition coefficient (Wildman–Crippen LogP) is 3.91. The molecular formula is C31H40O9. The average Bonchev–Trinajstić information content (AvgIpc) is 3.66. The van der Waals surface area contributed by atoms with Crippen molar-refractivity contribution in [3.05, 3.63) is 47.6 Å². The fourth-order valence-electron chi connectivity index (χ4n) is 7.17. The van der Waals surface area contributed by atoms with Crippen molar-refractivity contribution < 1.29 is 42.8 Å². The Hall–Kier alpha value is -2.75. The number of esters is 3. The molecule has 0 aromatic heterocycles. The van der Waals surface area contributed by atoms with Gasteiger partial charge in [-0.05, 0) is 40.0 Å². The summed E-state index contributed by atoms with van der Waals surface area (Å²) in [6, 6.07) is 0. The van der Waals surface area contributed by atoms with E-state index in [1.54, 1.807) is 25.2 Å². The van der Waals surface area contributed by atoms with Crippen LogP contribution in [0.15, 0.2) is 47.6 Å². The van der Waals surface area contributed by atoms with Crippen LogP contribution in [0.4, 0.5) is 0 Å². The summed E-state index contributed by atoms with van der Waals surface area (Å²) in [6.07, 6.45) is 10.5. The maximum atomic E-state index is 13.1. The van der Waals surface area contributed by atoms with Gasteiger partial charge >= 0.3 is 17.9 Å². The molecule has 0 N–H and O–H groups in total. The fourth-order valence-corrected chi connectivity index (χ4v) is 7.17. The van der Waals surface area contributed by atoms with Crippen LogP contribution in [0.5, 0.6) is 0 Å². The summed E-state index contributed by atoms with van der Waals surface area (Å²) in [5, 5.41) is 0. The number of rotatable bonds is 2. The normalized spacial score (nSPS) is 43.4. The number of cyclic esters (lactones) is 1. The molecule has 40 heavy (non-hydrogen) atoms. The molecule has 8 atom stereocenters. The second kappa shape index (κ2) is 10.9. The zero-order valence-electron chi connectivity index (χ0n) is 24.0. The van der Waals surface area contributed by atoms with Gasteiger partial charge in [-0.1, -0.05) is 42.4 Å². The molecule has 2 aliphatic carbocycles. The summed E-state index contributed by atoms with van der Waals surface area (Å²) in [6.45, 7) is 10.1. The zero-order valence-corrected chi connectivity index (χ0v) is 24.0. The van der Waals surface area contributed by atoms with E-state index < -0.39 is 52.7 Å². The van der Waals surface area contributed by atoms with Gasteiger partial charge in [-0.25, -0.2) is 9.59 Å². The highest BCUT2D eigenvalue weighted by Gasteiger charge is 2.83. The fraction of sp³-hybridized carbons (Fsp3) is 0.645. The van der Waals surface area contributed by atoms with E-state index in [1.165, 1.54) is 24.6 Å². The molecule has 3 aliphatic heterocycles. The minimum atomic E-state index is -0.618. The molecule has 9 heteroatoms. The standard InChI is InChI=1S/C31H40O9/c1-19-10-12-30-17-36-28(34)15-20(2)11-13-35-23(21(3)38-22(4)32)8-6-7-9-27(33)40-24-16-26(39-25(30)14-19)31(18-37-31)29(24,30)5/h6-9,14-15,21,23-26H,10-13,16-18H2,1-5H3/b8-6-,9-7-,20-15-/t21?,23?,24-,25-,26?,29?,30-,31+/m1/s1. The molecule has 4 unspecified atom stereocenters. The molecule has 5 rings (SSSR count). The van der Waals surface area contributed by atoms with Gasteiger partial charge in [0.15, 0.2) is 0 Å². The summed E-state index contributed by atoms with van der Waals surface area (Å²) in [7, 11) is 0. The highest BCUT2D eigenvalue weighted by Crippen LogP contribution is 2.72. The van der Waals surface area contributed by atoms with Crippen molar-refractivity contribution in [3.8, 4) is 0 Å². The molecule has 1 saturated carbocycles. The number of hydrogen-bond donors (Lipinski definition) is 0. The molecule has 0 amide bonds.